The average Bonchev–Trinajstić information content (AvgIpc) is 3.33. The van der Waals surface area contributed by atoms with Crippen LogP contribution in [0.3, 0.4) is 0 Å². The molecule has 1 amide bonds. The monoisotopic (exact) mass is 289 g/mol. The third kappa shape index (κ3) is 4.51. The third-order valence-electron chi connectivity index (χ3n) is 3.96. The summed E-state index contributed by atoms with van der Waals surface area (Å²) < 4.78 is 5.62. The number of rotatable bonds is 6. The van der Waals surface area contributed by atoms with Crippen molar-refractivity contribution in [1.29, 1.82) is 0 Å². The lowest BCUT2D eigenvalue weighted by atomic mass is 10.2. The van der Waals surface area contributed by atoms with E-state index in [-0.39, 0.29) is 5.91 Å². The minimum Gasteiger partial charge on any atom is -0.375 e. The van der Waals surface area contributed by atoms with Gasteiger partial charge in [-0.3, -0.25) is 10.2 Å². The molecule has 3 rings (SSSR count). The molecule has 0 aromatic carbocycles. The van der Waals surface area contributed by atoms with E-state index in [1.54, 1.807) is 6.07 Å². The fourth-order valence-electron chi connectivity index (χ4n) is 2.51. The van der Waals surface area contributed by atoms with Gasteiger partial charge in [-0.2, -0.15) is 0 Å². The van der Waals surface area contributed by atoms with Gasteiger partial charge in [-0.25, -0.2) is 9.99 Å². The highest BCUT2D eigenvalue weighted by atomic mass is 16.5. The molecule has 1 N–H and O–H groups in total. The Labute approximate surface area is 125 Å². The quantitative estimate of drug-likeness (QED) is 0.871. The van der Waals surface area contributed by atoms with Gasteiger partial charge < -0.3 is 4.74 Å². The summed E-state index contributed by atoms with van der Waals surface area (Å²) in [6.07, 6.45) is 6.10. The molecule has 1 aliphatic heterocycles. The Morgan fingerprint density at radius 3 is 2.86 bits per heavy atom. The Morgan fingerprint density at radius 1 is 1.29 bits per heavy atom. The summed E-state index contributed by atoms with van der Waals surface area (Å²) in [5.74, 6) is 0.622. The van der Waals surface area contributed by atoms with Crippen LogP contribution in [0.1, 0.15) is 48.3 Å². The summed E-state index contributed by atoms with van der Waals surface area (Å²) in [7, 11) is 0. The van der Waals surface area contributed by atoms with Crippen molar-refractivity contribution in [3.05, 3.63) is 29.6 Å². The molecule has 2 fully saturated rings. The lowest BCUT2D eigenvalue weighted by molar-refractivity contribution is 0.0742. The van der Waals surface area contributed by atoms with E-state index >= 15 is 0 Å². The number of carbonyl (C=O) groups excluding carboxylic acids is 1. The van der Waals surface area contributed by atoms with E-state index in [0.29, 0.717) is 12.3 Å². The molecule has 21 heavy (non-hydrogen) atoms. The maximum absolute atomic E-state index is 12.2. The van der Waals surface area contributed by atoms with Gasteiger partial charge in [0.1, 0.15) is 5.69 Å². The molecule has 1 aromatic heterocycles. The molecule has 0 atom stereocenters. The summed E-state index contributed by atoms with van der Waals surface area (Å²) in [5.41, 5.74) is 4.22. The molecule has 114 valence electrons. The summed E-state index contributed by atoms with van der Waals surface area (Å²) in [6.45, 7) is 3.15. The lowest BCUT2D eigenvalue weighted by Crippen LogP contribution is -2.45. The highest BCUT2D eigenvalue weighted by Crippen LogP contribution is 2.28. The van der Waals surface area contributed by atoms with E-state index in [1.165, 1.54) is 19.3 Å². The minimum atomic E-state index is -0.124. The van der Waals surface area contributed by atoms with Gasteiger partial charge in [0.25, 0.3) is 5.91 Å². The van der Waals surface area contributed by atoms with E-state index in [4.69, 9.17) is 4.74 Å². The topological polar surface area (TPSA) is 54.5 Å². The first-order valence-electron chi connectivity index (χ1n) is 7.91. The maximum Gasteiger partial charge on any atom is 0.284 e. The Balaban J connectivity index is 1.51. The predicted octanol–water partition coefficient (Wildman–Crippen LogP) is 2.14. The van der Waals surface area contributed by atoms with Crippen molar-refractivity contribution in [2.45, 2.75) is 38.7 Å². The first-order valence-corrected chi connectivity index (χ1v) is 7.91. The molecular formula is C16H23N3O2. The van der Waals surface area contributed by atoms with Gasteiger partial charge in [0.05, 0.1) is 12.3 Å². The van der Waals surface area contributed by atoms with Crippen molar-refractivity contribution in [3.63, 3.8) is 0 Å². The van der Waals surface area contributed by atoms with Crippen molar-refractivity contribution < 1.29 is 9.53 Å². The molecular weight excluding hydrogens is 266 g/mol. The molecule has 0 radical (unpaired) electrons. The van der Waals surface area contributed by atoms with E-state index in [9.17, 15) is 4.79 Å². The van der Waals surface area contributed by atoms with Crippen LogP contribution in [0, 0.1) is 5.92 Å². The Bertz CT molecular complexity index is 482. The van der Waals surface area contributed by atoms with Crippen LogP contribution in [0.15, 0.2) is 18.2 Å². The number of amides is 1. The van der Waals surface area contributed by atoms with Crippen molar-refractivity contribution in [2.75, 3.05) is 19.7 Å². The van der Waals surface area contributed by atoms with E-state index in [1.807, 2.05) is 17.1 Å². The van der Waals surface area contributed by atoms with Gasteiger partial charge in [-0.1, -0.05) is 12.5 Å². The fraction of sp³-hybridized carbons (Fsp3) is 0.625. The van der Waals surface area contributed by atoms with Crippen molar-refractivity contribution in [2.24, 2.45) is 5.92 Å². The Kier molecular flexibility index (Phi) is 4.83. The number of aromatic nitrogens is 1. The zero-order valence-electron chi connectivity index (χ0n) is 12.4. The van der Waals surface area contributed by atoms with Crippen LogP contribution in [0.4, 0.5) is 0 Å². The summed E-state index contributed by atoms with van der Waals surface area (Å²) in [4.78, 5) is 16.6. The Morgan fingerprint density at radius 2 is 2.10 bits per heavy atom. The van der Waals surface area contributed by atoms with E-state index in [2.05, 4.69) is 10.4 Å². The van der Waals surface area contributed by atoms with Crippen molar-refractivity contribution in [1.82, 2.24) is 15.4 Å². The van der Waals surface area contributed by atoms with Crippen LogP contribution in [-0.4, -0.2) is 35.6 Å². The zero-order chi connectivity index (χ0) is 14.5. The van der Waals surface area contributed by atoms with Crippen LogP contribution in [-0.2, 0) is 11.3 Å². The maximum atomic E-state index is 12.2. The number of pyridine rings is 1. The fourth-order valence-corrected chi connectivity index (χ4v) is 2.51. The Hall–Kier alpha value is -1.46. The molecule has 1 saturated heterocycles. The normalized spacial score (nSPS) is 19.4. The van der Waals surface area contributed by atoms with Gasteiger partial charge >= 0.3 is 0 Å². The van der Waals surface area contributed by atoms with E-state index < -0.39 is 0 Å². The first-order chi connectivity index (χ1) is 10.3. The van der Waals surface area contributed by atoms with E-state index in [0.717, 1.165) is 44.1 Å². The predicted molar refractivity (Wildman–Crippen MR) is 79.5 cm³/mol. The molecule has 1 aromatic rings. The average molecular weight is 289 g/mol. The SMILES string of the molecule is O=C(NN1CCCCC1)c1cccc(COCC2CC2)n1. The summed E-state index contributed by atoms with van der Waals surface area (Å²) >= 11 is 0. The van der Waals surface area contributed by atoms with Gasteiger partial charge in [-0.15, -0.1) is 0 Å². The van der Waals surface area contributed by atoms with Gasteiger partial charge in [0, 0.05) is 19.7 Å². The van der Waals surface area contributed by atoms with Crippen LogP contribution in [0.25, 0.3) is 0 Å². The second kappa shape index (κ2) is 7.00. The second-order valence-electron chi connectivity index (χ2n) is 5.96. The molecule has 2 aliphatic rings. The number of hydrogen-bond donors (Lipinski definition) is 1. The number of piperidine rings is 1. The molecule has 5 nitrogen and oxygen atoms in total. The van der Waals surface area contributed by atoms with Crippen LogP contribution in [0.2, 0.25) is 0 Å². The number of nitrogens with one attached hydrogen (secondary N) is 1. The number of hydrogen-bond acceptors (Lipinski definition) is 4. The number of ether oxygens (including phenoxy) is 1. The molecule has 0 bridgehead atoms. The standard InChI is InChI=1S/C16H23N3O2/c20-16(18-19-9-2-1-3-10-19)15-6-4-5-14(17-15)12-21-11-13-7-8-13/h4-6,13H,1-3,7-12H2,(H,18,20). The lowest BCUT2D eigenvalue weighted by Gasteiger charge is -2.26. The van der Waals surface area contributed by atoms with Gasteiger partial charge in [0.15, 0.2) is 0 Å². The highest BCUT2D eigenvalue weighted by Gasteiger charge is 2.21. The summed E-state index contributed by atoms with van der Waals surface area (Å²) in [6, 6.07) is 5.53. The molecule has 1 saturated carbocycles. The number of nitrogens with zero attached hydrogens (tertiary/aromatic N) is 2. The number of carbonyl (C=O) groups is 1. The van der Waals surface area contributed by atoms with Crippen LogP contribution in [0.5, 0.6) is 0 Å². The van der Waals surface area contributed by atoms with Gasteiger partial charge in [0.2, 0.25) is 0 Å². The number of hydrazine groups is 1. The van der Waals surface area contributed by atoms with Crippen molar-refractivity contribution >= 4 is 5.91 Å². The molecule has 1 aliphatic carbocycles. The van der Waals surface area contributed by atoms with Crippen LogP contribution < -0.4 is 5.43 Å². The summed E-state index contributed by atoms with van der Waals surface area (Å²) in [5, 5.41) is 1.99. The minimum absolute atomic E-state index is 0.124. The molecule has 0 spiro atoms. The largest absolute Gasteiger partial charge is 0.375 e. The van der Waals surface area contributed by atoms with Gasteiger partial charge in [-0.05, 0) is 43.7 Å². The molecule has 0 unspecified atom stereocenters. The molecule has 2 heterocycles. The third-order valence-corrected chi connectivity index (χ3v) is 3.96. The van der Waals surface area contributed by atoms with Crippen molar-refractivity contribution in [3.8, 4) is 0 Å². The van der Waals surface area contributed by atoms with Crippen LogP contribution >= 0.6 is 0 Å². The zero-order valence-corrected chi connectivity index (χ0v) is 12.4. The smallest absolute Gasteiger partial charge is 0.284 e. The molecule has 5 heteroatoms. The first kappa shape index (κ1) is 14.5. The highest BCUT2D eigenvalue weighted by molar-refractivity contribution is 5.91. The second-order valence-corrected chi connectivity index (χ2v) is 5.96.